The van der Waals surface area contributed by atoms with Gasteiger partial charge in [-0.1, -0.05) is 243 Å². The van der Waals surface area contributed by atoms with E-state index in [4.69, 9.17) is 54.1 Å². The SMILES string of the molecule is CC(C)OCCNc1nc(-c2nccn2C)nc2sc(-c3ccccc3)c(-c3ccccc3)c12.CCOCCNc1nc(-c2nccn2C)nc2sc(-c3ccccc3)c(-c3ccccc3)c12.Cn1ccnc1-c1nc(NCCOC(F)(F)F)c2c(-c3ccccc3)c(-c3ccccc3)sc2n1.Cn1ccnc1-c1nc(NCCOC2CC2)c2c(-c3ccccc3)c(-c3ccccc3)sc2n1. The van der Waals surface area contributed by atoms with E-state index in [9.17, 15) is 13.2 Å². The number of thiophene rings is 4. The van der Waals surface area contributed by atoms with Gasteiger partial charge in [-0.05, 0) is 78.1 Å². The Morgan fingerprint density at radius 3 is 0.824 bits per heavy atom. The second-order valence-electron chi connectivity index (χ2n) is 32.1. The Kier molecular flexibility index (Phi) is 29.0. The summed E-state index contributed by atoms with van der Waals surface area (Å²) in [4.78, 5) is 65.2. The van der Waals surface area contributed by atoms with Gasteiger partial charge in [0.05, 0.1) is 60.2 Å². The van der Waals surface area contributed by atoms with Gasteiger partial charge in [-0.3, -0.25) is 4.74 Å². The number of fused-ring (bicyclic) bond motifs is 4. The summed E-state index contributed by atoms with van der Waals surface area (Å²) < 4.78 is 66.3. The van der Waals surface area contributed by atoms with E-state index in [-0.39, 0.29) is 12.6 Å². The highest BCUT2D eigenvalue weighted by Gasteiger charge is 2.32. The van der Waals surface area contributed by atoms with E-state index in [1.807, 2.05) is 178 Å². The van der Waals surface area contributed by atoms with E-state index >= 15 is 0 Å². The zero-order valence-electron chi connectivity index (χ0n) is 75.7. The molecule has 0 saturated heterocycles. The summed E-state index contributed by atoms with van der Waals surface area (Å²) >= 11 is 6.58. The van der Waals surface area contributed by atoms with E-state index in [0.717, 1.165) is 137 Å². The third kappa shape index (κ3) is 21.4. The number of anilines is 4. The normalized spacial score (nSPS) is 12.0. The molecule has 0 radical (unpaired) electrons. The molecule has 0 unspecified atom stereocenters. The van der Waals surface area contributed by atoms with E-state index < -0.39 is 13.0 Å². The predicted molar refractivity (Wildman–Crippen MR) is 544 cm³/mol. The molecule has 21 rings (SSSR count). The molecule has 1 aliphatic carbocycles. The lowest BCUT2D eigenvalue weighted by Crippen LogP contribution is -2.19. The van der Waals surface area contributed by atoms with Crippen molar-refractivity contribution in [3.8, 4) is 133 Å². The highest BCUT2D eigenvalue weighted by Crippen LogP contribution is 2.52. The molecule has 20 aromatic rings. The van der Waals surface area contributed by atoms with E-state index in [2.05, 4.69) is 192 Å². The molecule has 4 N–H and O–H groups in total. The first-order valence-corrected chi connectivity index (χ1v) is 48.0. The van der Waals surface area contributed by atoms with Crippen LogP contribution in [0.1, 0.15) is 33.6 Å². The first-order chi connectivity index (χ1) is 66.6. The molecule has 1 aliphatic rings. The Hall–Kier alpha value is -14.4. The number of benzene rings is 8. The molecule has 12 aromatic heterocycles. The van der Waals surface area contributed by atoms with E-state index in [0.29, 0.717) is 91.9 Å². The Labute approximate surface area is 800 Å². The number of hydrogen-bond donors (Lipinski definition) is 4. The highest BCUT2D eigenvalue weighted by atomic mass is 32.1. The maximum atomic E-state index is 12.5. The number of nitrogens with one attached hydrogen (secondary N) is 4. The molecule has 31 heteroatoms. The van der Waals surface area contributed by atoms with Gasteiger partial charge in [-0.2, -0.15) is 0 Å². The van der Waals surface area contributed by atoms with Crippen molar-refractivity contribution in [3.63, 3.8) is 0 Å². The van der Waals surface area contributed by atoms with Gasteiger partial charge >= 0.3 is 6.36 Å². The van der Waals surface area contributed by atoms with Crippen LogP contribution in [0, 0.1) is 0 Å². The zero-order chi connectivity index (χ0) is 93.4. The average molecular weight is 1890 g/mol. The summed E-state index contributed by atoms with van der Waals surface area (Å²) in [5.74, 6) is 7.82. The number of imidazole rings is 4. The minimum absolute atomic E-state index is 0.0869. The molecule has 0 atom stereocenters. The maximum absolute atomic E-state index is 12.5. The number of rotatable bonds is 31. The molecule has 12 heterocycles. The van der Waals surface area contributed by atoms with Crippen LogP contribution in [0.25, 0.3) is 174 Å². The average Bonchev–Trinajstić information content (AvgIpc) is 1.61. The monoisotopic (exact) mass is 1890 g/mol. The summed E-state index contributed by atoms with van der Waals surface area (Å²) in [6, 6.07) is 82.6. The maximum Gasteiger partial charge on any atom is 0.522 e. The Bertz CT molecular complexity index is 7170. The predicted octanol–water partition coefficient (Wildman–Crippen LogP) is 24.5. The molecule has 0 aliphatic heterocycles. The van der Waals surface area contributed by atoms with Gasteiger partial charge in [0.15, 0.2) is 46.6 Å². The van der Waals surface area contributed by atoms with Gasteiger partial charge in [0.2, 0.25) is 0 Å². The number of aryl methyl sites for hydroxylation is 4. The van der Waals surface area contributed by atoms with Gasteiger partial charge in [-0.15, -0.1) is 58.5 Å². The topological polar surface area (TPSA) is 259 Å². The van der Waals surface area contributed by atoms with Crippen LogP contribution in [0.5, 0.6) is 0 Å². The van der Waals surface area contributed by atoms with Crippen molar-refractivity contribution in [1.82, 2.24) is 78.1 Å². The summed E-state index contributed by atoms with van der Waals surface area (Å²) in [6.07, 6.45) is 12.7. The number of aromatic nitrogens is 16. The fourth-order valence-electron chi connectivity index (χ4n) is 15.7. The van der Waals surface area contributed by atoms with E-state index in [1.165, 1.54) is 44.4 Å². The largest absolute Gasteiger partial charge is 0.522 e. The minimum Gasteiger partial charge on any atom is -0.380 e. The van der Waals surface area contributed by atoms with Gasteiger partial charge in [0.1, 0.15) is 42.6 Å². The van der Waals surface area contributed by atoms with Crippen LogP contribution in [0.3, 0.4) is 0 Å². The zero-order valence-corrected chi connectivity index (χ0v) is 79.0. The standard InChI is InChI=1S/C27H25N5OS.C27H27N5OS.C26H25N5OS.C25H20F3N5OS/c1-32-16-14-29-26(32)25-30-24(28-15-17-33-20-12-13-20)22-21(18-8-4-2-5-9-18)23(34-27(22)31-25)19-10-6-3-7-11-19;1-18(2)33-17-15-28-24-22-21(19-10-6-4-7-11-19)23(20-12-8-5-9-13-20)34-27(22)31-25(30-24)26-29-14-16-32(26)3;1-3-32-17-15-27-23-21-20(18-10-6-4-7-11-18)22(19-12-8-5-9-13-19)33-26(21)30-24(29-23)25-28-14-16-31(25)2;1-33-14-12-30-23(33)22-31-21(29-13-15-34-25(26,27)28)19-18(16-8-4-2-5-9-16)20(35-24(19)32-22)17-10-6-3-7-11-17/h2-11,14,16,20H,12-13,15,17H2,1H3,(H,28,30,31);4-14,16,18H,15,17H2,1-3H3,(H,28,30,31);4-14,16H,3,15,17H2,1-2H3,(H,27,29,30);2-12,14H,13,15H2,1H3,(H,29,31,32). The number of alkyl halides is 3. The van der Waals surface area contributed by atoms with Crippen molar-refractivity contribution in [2.24, 2.45) is 28.2 Å². The summed E-state index contributed by atoms with van der Waals surface area (Å²) in [6.45, 7) is 9.98. The molecule has 8 aromatic carbocycles. The summed E-state index contributed by atoms with van der Waals surface area (Å²) in [5, 5.41) is 17.5. The summed E-state index contributed by atoms with van der Waals surface area (Å²) in [5.41, 5.74) is 13.3. The molecular formula is C105H97F3N20O4S4. The van der Waals surface area contributed by atoms with E-state index in [1.54, 1.807) is 69.6 Å². The first-order valence-electron chi connectivity index (χ1n) is 44.8. The Balaban J connectivity index is 0.000000121. The fraction of sp³-hybridized carbons (Fsp3) is 0.200. The molecule has 1 fully saturated rings. The molecule has 136 heavy (non-hydrogen) atoms. The van der Waals surface area contributed by atoms with Crippen molar-refractivity contribution in [2.45, 2.75) is 52.2 Å². The first kappa shape index (κ1) is 92.1. The molecule has 0 bridgehead atoms. The number of hydrogen-bond acceptors (Lipinski definition) is 24. The van der Waals surface area contributed by atoms with Gasteiger partial charge in [0, 0.05) is 152 Å². The lowest BCUT2D eigenvalue weighted by molar-refractivity contribution is -0.322. The van der Waals surface area contributed by atoms with Crippen molar-refractivity contribution < 1.29 is 32.1 Å². The quantitative estimate of drug-likeness (QED) is 0.0294. The van der Waals surface area contributed by atoms with Gasteiger partial charge in [-0.25, -0.2) is 59.8 Å². The highest BCUT2D eigenvalue weighted by molar-refractivity contribution is 7.24. The number of nitrogens with zero attached hydrogens (tertiary/aromatic N) is 16. The van der Waals surface area contributed by atoms with Crippen molar-refractivity contribution in [1.29, 1.82) is 0 Å². The van der Waals surface area contributed by atoms with Crippen LogP contribution < -0.4 is 21.3 Å². The van der Waals surface area contributed by atoms with Crippen LogP contribution in [0.15, 0.2) is 292 Å². The van der Waals surface area contributed by atoms with Crippen molar-refractivity contribution in [2.75, 3.05) is 80.5 Å². The molecule has 0 spiro atoms. The lowest BCUT2D eigenvalue weighted by atomic mass is 9.99. The third-order valence-electron chi connectivity index (χ3n) is 22.2. The molecule has 0 amide bonds. The Morgan fingerprint density at radius 1 is 0.338 bits per heavy atom. The lowest BCUT2D eigenvalue weighted by Gasteiger charge is -2.13. The van der Waals surface area contributed by atoms with Gasteiger partial charge < -0.3 is 53.7 Å². The molecular weight excluding hydrogens is 1790 g/mol. The number of ether oxygens (including phenoxy) is 4. The van der Waals surface area contributed by atoms with Gasteiger partial charge in [0.25, 0.3) is 0 Å². The third-order valence-corrected chi connectivity index (χ3v) is 26.7. The molecule has 24 nitrogen and oxygen atoms in total. The van der Waals surface area contributed by atoms with Crippen LogP contribution in [0.2, 0.25) is 0 Å². The van der Waals surface area contributed by atoms with Crippen LogP contribution >= 0.6 is 45.3 Å². The smallest absolute Gasteiger partial charge is 0.380 e. The summed E-state index contributed by atoms with van der Waals surface area (Å²) in [7, 11) is 7.71. The van der Waals surface area contributed by atoms with Crippen molar-refractivity contribution in [3.05, 3.63) is 292 Å². The van der Waals surface area contributed by atoms with Crippen molar-refractivity contribution >= 4 is 109 Å². The van der Waals surface area contributed by atoms with Crippen LogP contribution in [-0.2, 0) is 47.1 Å². The Morgan fingerprint density at radius 2 is 0.588 bits per heavy atom. The molecule has 686 valence electrons. The fourth-order valence-corrected chi connectivity index (χ4v) is 20.6. The minimum atomic E-state index is -4.70. The number of halogens is 3. The molecule has 1 saturated carbocycles. The van der Waals surface area contributed by atoms with Crippen LogP contribution in [0.4, 0.5) is 36.4 Å². The second kappa shape index (κ2) is 42.9. The van der Waals surface area contributed by atoms with Crippen LogP contribution in [-0.4, -0.2) is 156 Å². The second-order valence-corrected chi connectivity index (χ2v) is 36.1.